The van der Waals surface area contributed by atoms with Crippen LogP contribution in [0.3, 0.4) is 0 Å². The number of rotatable bonds is 3. The number of alkyl halides is 3. The molecule has 0 aliphatic carbocycles. The molecule has 0 atom stereocenters. The zero-order valence-electron chi connectivity index (χ0n) is 18.2. The second-order valence-corrected chi connectivity index (χ2v) is 8.74. The summed E-state index contributed by atoms with van der Waals surface area (Å²) in [6.45, 7) is 4.35. The van der Waals surface area contributed by atoms with E-state index in [0.29, 0.717) is 43.7 Å². The number of piperazine rings is 1. The van der Waals surface area contributed by atoms with E-state index in [1.54, 1.807) is 12.1 Å². The van der Waals surface area contributed by atoms with Gasteiger partial charge >= 0.3 is 6.18 Å². The average molecular weight is 457 g/mol. The summed E-state index contributed by atoms with van der Waals surface area (Å²) < 4.78 is 44.8. The van der Waals surface area contributed by atoms with E-state index in [9.17, 15) is 18.0 Å². The molecule has 0 spiro atoms. The first-order chi connectivity index (χ1) is 15.9. The van der Waals surface area contributed by atoms with Crippen LogP contribution < -0.4 is 4.90 Å². The fraction of sp³-hybridized carbons (Fsp3) is 0.400. The number of amides is 1. The van der Waals surface area contributed by atoms with E-state index >= 15 is 0 Å². The van der Waals surface area contributed by atoms with Gasteiger partial charge < -0.3 is 14.2 Å². The Balaban J connectivity index is 1.14. The molecule has 2 fully saturated rings. The van der Waals surface area contributed by atoms with Gasteiger partial charge in [-0.05, 0) is 43.2 Å². The highest BCUT2D eigenvalue weighted by molar-refractivity contribution is 5.96. The number of fused-ring (bicyclic) bond motifs is 1. The molecule has 2 aliphatic heterocycles. The van der Waals surface area contributed by atoms with Crippen molar-refractivity contribution in [2.45, 2.75) is 25.1 Å². The van der Waals surface area contributed by atoms with Gasteiger partial charge in [-0.25, -0.2) is 0 Å². The van der Waals surface area contributed by atoms with Crippen LogP contribution in [0, 0.1) is 0 Å². The highest BCUT2D eigenvalue weighted by Gasteiger charge is 2.32. The average Bonchev–Trinajstić information content (AvgIpc) is 3.28. The van der Waals surface area contributed by atoms with Gasteiger partial charge in [0.1, 0.15) is 5.58 Å². The Hall–Kier alpha value is -3.00. The van der Waals surface area contributed by atoms with Gasteiger partial charge in [-0.1, -0.05) is 24.3 Å². The third kappa shape index (κ3) is 4.57. The second kappa shape index (κ2) is 8.74. The fourth-order valence-electron chi connectivity index (χ4n) is 4.90. The zero-order valence-corrected chi connectivity index (χ0v) is 18.2. The van der Waals surface area contributed by atoms with Crippen LogP contribution in [0.5, 0.6) is 0 Å². The van der Waals surface area contributed by atoms with Crippen LogP contribution in [0.1, 0.15) is 29.0 Å². The van der Waals surface area contributed by atoms with Gasteiger partial charge in [-0.15, -0.1) is 0 Å². The molecule has 5 nitrogen and oxygen atoms in total. The maximum absolute atomic E-state index is 13.0. The molecule has 3 aromatic rings. The lowest BCUT2D eigenvalue weighted by Gasteiger charge is -2.43. The fourth-order valence-corrected chi connectivity index (χ4v) is 4.90. The number of hydrogen-bond acceptors (Lipinski definition) is 4. The molecule has 8 heteroatoms. The summed E-state index contributed by atoms with van der Waals surface area (Å²) in [7, 11) is 0. The summed E-state index contributed by atoms with van der Waals surface area (Å²) >= 11 is 0. The van der Waals surface area contributed by atoms with Gasteiger partial charge in [-0.2, -0.15) is 13.2 Å². The van der Waals surface area contributed by atoms with Gasteiger partial charge in [0.2, 0.25) is 0 Å². The molecule has 0 bridgehead atoms. The number of piperidine rings is 1. The SMILES string of the molecule is O=C(c1cc2ccccc2o1)N1CCC(N2CCN(c3cccc(C(F)(F)F)c3)CC2)CC1. The number of carbonyl (C=O) groups excluding carboxylic acids is 1. The van der Waals surface area contributed by atoms with E-state index in [1.807, 2.05) is 34.1 Å². The van der Waals surface area contributed by atoms with E-state index in [0.717, 1.165) is 43.0 Å². The lowest BCUT2D eigenvalue weighted by atomic mass is 10.0. The van der Waals surface area contributed by atoms with Crippen molar-refractivity contribution in [2.75, 3.05) is 44.2 Å². The molecule has 2 aliphatic rings. The maximum atomic E-state index is 13.0. The minimum absolute atomic E-state index is 0.0704. The summed E-state index contributed by atoms with van der Waals surface area (Å²) in [5, 5.41) is 0.925. The number of nitrogens with zero attached hydrogens (tertiary/aromatic N) is 3. The number of carbonyl (C=O) groups is 1. The van der Waals surface area contributed by atoms with Gasteiger partial charge in [0, 0.05) is 56.4 Å². The molecule has 0 saturated carbocycles. The number of likely N-dealkylation sites (tertiary alicyclic amines) is 1. The van der Waals surface area contributed by atoms with Gasteiger partial charge in [0.15, 0.2) is 5.76 Å². The van der Waals surface area contributed by atoms with Crippen LogP contribution >= 0.6 is 0 Å². The van der Waals surface area contributed by atoms with Crippen LogP contribution in [0.15, 0.2) is 59.0 Å². The summed E-state index contributed by atoms with van der Waals surface area (Å²) in [5.74, 6) is 0.309. The van der Waals surface area contributed by atoms with E-state index < -0.39 is 11.7 Å². The number of para-hydroxylation sites is 1. The Morgan fingerprint density at radius 1 is 0.879 bits per heavy atom. The molecular weight excluding hydrogens is 431 g/mol. The van der Waals surface area contributed by atoms with Crippen molar-refractivity contribution >= 4 is 22.6 Å². The molecule has 3 heterocycles. The van der Waals surface area contributed by atoms with Crippen LogP contribution in [-0.4, -0.2) is 61.0 Å². The molecule has 0 radical (unpaired) electrons. The van der Waals surface area contributed by atoms with Crippen LogP contribution in [0.4, 0.5) is 18.9 Å². The van der Waals surface area contributed by atoms with Crippen LogP contribution in [0.25, 0.3) is 11.0 Å². The summed E-state index contributed by atoms with van der Waals surface area (Å²) in [5.41, 5.74) is 0.731. The lowest BCUT2D eigenvalue weighted by molar-refractivity contribution is -0.137. The molecule has 0 N–H and O–H groups in total. The summed E-state index contributed by atoms with van der Waals surface area (Å²) in [6.07, 6.45) is -2.56. The molecule has 0 unspecified atom stereocenters. The molecule has 2 saturated heterocycles. The second-order valence-electron chi connectivity index (χ2n) is 8.74. The highest BCUT2D eigenvalue weighted by atomic mass is 19.4. The molecule has 1 amide bonds. The third-order valence-corrected chi connectivity index (χ3v) is 6.76. The Kier molecular flexibility index (Phi) is 5.78. The predicted molar refractivity (Wildman–Crippen MR) is 120 cm³/mol. The first-order valence-corrected chi connectivity index (χ1v) is 11.3. The maximum Gasteiger partial charge on any atom is 0.416 e. The first kappa shape index (κ1) is 21.8. The monoisotopic (exact) mass is 457 g/mol. The van der Waals surface area contributed by atoms with Crippen LogP contribution in [-0.2, 0) is 6.18 Å². The Labute approximate surface area is 190 Å². The normalized spacial score (nSPS) is 18.8. The van der Waals surface area contributed by atoms with Crippen molar-refractivity contribution in [3.05, 3.63) is 65.9 Å². The lowest BCUT2D eigenvalue weighted by Crippen LogP contribution is -2.53. The van der Waals surface area contributed by atoms with Crippen molar-refractivity contribution < 1.29 is 22.4 Å². The Morgan fingerprint density at radius 3 is 2.30 bits per heavy atom. The van der Waals surface area contributed by atoms with Crippen molar-refractivity contribution in [2.24, 2.45) is 0 Å². The molecule has 5 rings (SSSR count). The first-order valence-electron chi connectivity index (χ1n) is 11.3. The summed E-state index contributed by atoms with van der Waals surface area (Å²) in [6, 6.07) is 15.3. The molecular formula is C25H26F3N3O2. The van der Waals surface area contributed by atoms with E-state index in [2.05, 4.69) is 4.90 Å². The minimum Gasteiger partial charge on any atom is -0.451 e. The number of halogens is 3. The number of furan rings is 1. The van der Waals surface area contributed by atoms with E-state index in [1.165, 1.54) is 12.1 Å². The molecule has 174 valence electrons. The quantitative estimate of drug-likeness (QED) is 0.562. The smallest absolute Gasteiger partial charge is 0.416 e. The number of anilines is 1. The topological polar surface area (TPSA) is 39.9 Å². The predicted octanol–water partition coefficient (Wildman–Crippen LogP) is 4.88. The molecule has 2 aromatic carbocycles. The minimum atomic E-state index is -4.33. The Bertz CT molecular complexity index is 1090. The van der Waals surface area contributed by atoms with Crippen molar-refractivity contribution in [3.8, 4) is 0 Å². The van der Waals surface area contributed by atoms with E-state index in [4.69, 9.17) is 4.42 Å². The molecule has 33 heavy (non-hydrogen) atoms. The van der Waals surface area contributed by atoms with Crippen molar-refractivity contribution in [3.63, 3.8) is 0 Å². The number of hydrogen-bond donors (Lipinski definition) is 0. The van der Waals surface area contributed by atoms with Gasteiger partial charge in [-0.3, -0.25) is 9.69 Å². The molecule has 1 aromatic heterocycles. The van der Waals surface area contributed by atoms with Crippen molar-refractivity contribution in [1.29, 1.82) is 0 Å². The van der Waals surface area contributed by atoms with E-state index in [-0.39, 0.29) is 5.91 Å². The summed E-state index contributed by atoms with van der Waals surface area (Å²) in [4.78, 5) is 19.2. The number of benzene rings is 2. The highest BCUT2D eigenvalue weighted by Crippen LogP contribution is 2.32. The van der Waals surface area contributed by atoms with Gasteiger partial charge in [0.25, 0.3) is 5.91 Å². The standard InChI is InChI=1S/C25H26F3N3O2/c26-25(27,28)19-5-3-6-21(17-19)30-14-12-29(13-15-30)20-8-10-31(11-9-20)24(32)23-16-18-4-1-2-7-22(18)33-23/h1-7,16-17,20H,8-15H2. The van der Waals surface area contributed by atoms with Crippen molar-refractivity contribution in [1.82, 2.24) is 9.80 Å². The third-order valence-electron chi connectivity index (χ3n) is 6.76. The largest absolute Gasteiger partial charge is 0.451 e. The van der Waals surface area contributed by atoms with Crippen LogP contribution in [0.2, 0.25) is 0 Å². The zero-order chi connectivity index (χ0) is 23.0. The van der Waals surface area contributed by atoms with Gasteiger partial charge in [0.05, 0.1) is 5.56 Å². The Morgan fingerprint density at radius 2 is 1.61 bits per heavy atom.